The Kier molecular flexibility index (Phi) is 16.0. The third-order valence-corrected chi connectivity index (χ3v) is 4.95. The van der Waals surface area contributed by atoms with E-state index in [9.17, 15) is 13.6 Å². The molecule has 34 heavy (non-hydrogen) atoms. The largest absolute Gasteiger partial charge is 0.334 e. The van der Waals surface area contributed by atoms with Gasteiger partial charge in [-0.3, -0.25) is 4.79 Å². The molecule has 1 heterocycles. The quantitative estimate of drug-likeness (QED) is 0.384. The van der Waals surface area contributed by atoms with Crippen LogP contribution in [0.4, 0.5) is 8.78 Å². The smallest absolute Gasteiger partial charge is 0.260 e. The van der Waals surface area contributed by atoms with Crippen LogP contribution in [0.3, 0.4) is 0 Å². The number of rotatable bonds is 6. The molecular weight excluding hydrogens is 431 g/mol. The van der Waals surface area contributed by atoms with Crippen LogP contribution in [0, 0.1) is 23.0 Å². The molecule has 4 nitrogen and oxygen atoms in total. The summed E-state index contributed by atoms with van der Waals surface area (Å²) in [5.74, 6) is -2.24. The highest BCUT2D eigenvalue weighted by Crippen LogP contribution is 2.25. The molecule has 0 saturated carbocycles. The van der Waals surface area contributed by atoms with Gasteiger partial charge in [0, 0.05) is 26.1 Å². The molecular formula is C27H36BF2N3O. The van der Waals surface area contributed by atoms with Crippen molar-refractivity contribution in [2.24, 2.45) is 0 Å². The van der Waals surface area contributed by atoms with Gasteiger partial charge < -0.3 is 9.80 Å². The molecule has 0 N–H and O–H groups in total. The zero-order valence-electron chi connectivity index (χ0n) is 19.7. The lowest BCUT2D eigenvalue weighted by Crippen LogP contribution is -2.34. The number of nitriles is 1. The Hall–Kier alpha value is -2.98. The van der Waals surface area contributed by atoms with E-state index >= 15 is 0 Å². The van der Waals surface area contributed by atoms with Crippen LogP contribution >= 0.6 is 0 Å². The number of carbonyl (C=O) groups is 1. The van der Waals surface area contributed by atoms with E-state index in [1.165, 1.54) is 17.0 Å². The van der Waals surface area contributed by atoms with Crippen molar-refractivity contribution < 1.29 is 13.6 Å². The number of amides is 1. The number of nitrogens with zero attached hydrogens (tertiary/aromatic N) is 3. The van der Waals surface area contributed by atoms with Crippen molar-refractivity contribution in [1.82, 2.24) is 9.80 Å². The van der Waals surface area contributed by atoms with E-state index in [4.69, 9.17) is 13.1 Å². The van der Waals surface area contributed by atoms with Crippen molar-refractivity contribution in [2.75, 3.05) is 32.6 Å². The lowest BCUT2D eigenvalue weighted by Gasteiger charge is -2.24. The second-order valence-corrected chi connectivity index (χ2v) is 6.99. The van der Waals surface area contributed by atoms with Gasteiger partial charge in [0.1, 0.15) is 17.2 Å². The van der Waals surface area contributed by atoms with Crippen LogP contribution in [-0.2, 0) is 0 Å². The van der Waals surface area contributed by atoms with E-state index in [2.05, 4.69) is 6.07 Å². The molecule has 0 aliphatic carbocycles. The molecule has 1 aliphatic rings. The fraction of sp³-hybridized carbons (Fsp3) is 0.407. The van der Waals surface area contributed by atoms with Crippen molar-refractivity contribution in [3.63, 3.8) is 0 Å². The van der Waals surface area contributed by atoms with Gasteiger partial charge in [-0.05, 0) is 42.7 Å². The summed E-state index contributed by atoms with van der Waals surface area (Å²) >= 11 is 0. The Morgan fingerprint density at radius 2 is 1.74 bits per heavy atom. The first-order valence-corrected chi connectivity index (χ1v) is 11.3. The average Bonchev–Trinajstić information content (AvgIpc) is 2.87. The average molecular weight is 467 g/mol. The Morgan fingerprint density at radius 3 is 2.21 bits per heavy atom. The number of carbonyl (C=O) groups excluding carboxylic acids is 1. The van der Waals surface area contributed by atoms with Gasteiger partial charge in [0.15, 0.2) is 0 Å². The monoisotopic (exact) mass is 467 g/mol. The van der Waals surface area contributed by atoms with Crippen LogP contribution in [-0.4, -0.2) is 56.2 Å². The summed E-state index contributed by atoms with van der Waals surface area (Å²) in [4.78, 5) is 15.8. The zero-order chi connectivity index (χ0) is 24.6. The van der Waals surface area contributed by atoms with Crippen LogP contribution in [0.2, 0.25) is 0 Å². The summed E-state index contributed by atoms with van der Waals surface area (Å²) in [6, 6.07) is 13.5. The number of hydrogen-bond donors (Lipinski definition) is 0. The lowest BCUT2D eigenvalue weighted by molar-refractivity contribution is 0.0761. The van der Waals surface area contributed by atoms with Crippen molar-refractivity contribution in [2.45, 2.75) is 41.0 Å². The maximum Gasteiger partial charge on any atom is 0.260 e. The van der Waals surface area contributed by atoms with E-state index in [0.717, 1.165) is 13.1 Å². The molecule has 7 heteroatoms. The minimum atomic E-state index is -0.821. The minimum Gasteiger partial charge on any atom is -0.334 e. The van der Waals surface area contributed by atoms with Crippen LogP contribution < -0.4 is 0 Å². The zero-order valence-corrected chi connectivity index (χ0v) is 19.7. The Labute approximate surface area is 205 Å². The number of hydrogen-bond acceptors (Lipinski definition) is 3. The highest BCUT2D eigenvalue weighted by atomic mass is 19.1. The number of halogens is 2. The van der Waals surface area contributed by atoms with Gasteiger partial charge in [-0.2, -0.15) is 5.26 Å². The topological polar surface area (TPSA) is 47.3 Å². The molecule has 2 aromatic rings. The maximum atomic E-state index is 14.3. The fourth-order valence-electron chi connectivity index (χ4n) is 3.15. The molecule has 3 rings (SSSR count). The molecule has 0 fully saturated rings. The third-order valence-electron chi connectivity index (χ3n) is 4.95. The van der Waals surface area contributed by atoms with Gasteiger partial charge in [-0.15, -0.1) is 0 Å². The highest BCUT2D eigenvalue weighted by Gasteiger charge is 2.24. The summed E-state index contributed by atoms with van der Waals surface area (Å²) in [6.45, 7) is 8.62. The van der Waals surface area contributed by atoms with Crippen molar-refractivity contribution in [1.29, 1.82) is 5.26 Å². The molecule has 2 radical (unpaired) electrons. The second-order valence-electron chi connectivity index (χ2n) is 6.99. The molecule has 1 amide bonds. The predicted molar refractivity (Wildman–Crippen MR) is 138 cm³/mol. The molecule has 1 aliphatic heterocycles. The minimum absolute atomic E-state index is 0. The summed E-state index contributed by atoms with van der Waals surface area (Å²) in [5, 5.41) is 8.19. The number of benzene rings is 2. The van der Waals surface area contributed by atoms with Gasteiger partial charge >= 0.3 is 0 Å². The predicted octanol–water partition coefficient (Wildman–Crippen LogP) is 6.04. The summed E-state index contributed by atoms with van der Waals surface area (Å²) in [6.07, 6.45) is 5.62. The van der Waals surface area contributed by atoms with Gasteiger partial charge in [-0.25, -0.2) is 8.78 Å². The van der Waals surface area contributed by atoms with Crippen molar-refractivity contribution in [3.8, 4) is 17.2 Å². The molecule has 0 atom stereocenters. The molecule has 0 bridgehead atoms. The molecule has 0 saturated heterocycles. The maximum absolute atomic E-state index is 14.3. The molecule has 2 aromatic carbocycles. The summed E-state index contributed by atoms with van der Waals surface area (Å²) in [5.41, 5.74) is 0.654. The van der Waals surface area contributed by atoms with E-state index < -0.39 is 23.1 Å². The van der Waals surface area contributed by atoms with Crippen molar-refractivity contribution >= 4 is 13.8 Å². The van der Waals surface area contributed by atoms with Crippen LogP contribution in [0.25, 0.3) is 11.1 Å². The fourth-order valence-corrected chi connectivity index (χ4v) is 3.15. The SMILES string of the molecule is C.CC.O=C(c1c(F)cc(-c2ccccc2)cc1F)N1CC=CCC1.[B]CN(CC)CCC#N. The highest BCUT2D eigenvalue weighted by molar-refractivity contribution is 6.08. The van der Waals surface area contributed by atoms with E-state index in [1.54, 1.807) is 24.3 Å². The van der Waals surface area contributed by atoms with Crippen LogP contribution in [0.1, 0.15) is 51.4 Å². The molecule has 0 spiro atoms. The van der Waals surface area contributed by atoms with E-state index in [1.807, 2.05) is 43.9 Å². The van der Waals surface area contributed by atoms with Gasteiger partial charge in [-0.1, -0.05) is 70.7 Å². The first kappa shape index (κ1) is 31.0. The standard InChI is InChI=1S/C18H15F2NO.C6H11BN2.C2H6.CH4/c19-15-11-14(13-7-3-1-4-8-13)12-16(20)17(15)18(22)21-9-5-2-6-10-21;1-2-9(6-7)5-3-4-8;1-2;/h1-5,7-8,11-12H,6,9-10H2;2-3,5-6H2,1H3;1-2H3;1H4. The summed E-state index contributed by atoms with van der Waals surface area (Å²) < 4.78 is 28.6. The second kappa shape index (κ2) is 17.5. The van der Waals surface area contributed by atoms with E-state index in [0.29, 0.717) is 43.5 Å². The van der Waals surface area contributed by atoms with Crippen LogP contribution in [0.5, 0.6) is 0 Å². The van der Waals surface area contributed by atoms with Crippen molar-refractivity contribution in [3.05, 3.63) is 71.8 Å². The van der Waals surface area contributed by atoms with Gasteiger partial charge in [0.05, 0.1) is 13.9 Å². The van der Waals surface area contributed by atoms with Gasteiger partial charge in [0.2, 0.25) is 0 Å². The summed E-state index contributed by atoms with van der Waals surface area (Å²) in [7, 11) is 5.34. The molecule has 0 aromatic heterocycles. The molecule has 0 unspecified atom stereocenters. The van der Waals surface area contributed by atoms with Gasteiger partial charge in [0.25, 0.3) is 5.91 Å². The Balaban J connectivity index is 0.000000776. The Morgan fingerprint density at radius 1 is 1.12 bits per heavy atom. The Bertz CT molecular complexity index is 902. The third kappa shape index (κ3) is 9.48. The first-order chi connectivity index (χ1) is 16.0. The van der Waals surface area contributed by atoms with Crippen LogP contribution in [0.15, 0.2) is 54.6 Å². The van der Waals surface area contributed by atoms with E-state index in [-0.39, 0.29) is 7.43 Å². The first-order valence-electron chi connectivity index (χ1n) is 11.3. The molecule has 182 valence electrons. The lowest BCUT2D eigenvalue weighted by atomic mass is 10.0. The normalized spacial score (nSPS) is 11.9.